The van der Waals surface area contributed by atoms with Gasteiger partial charge in [0.15, 0.2) is 6.61 Å². The number of carbonyl (C=O) groups excluding carboxylic acids is 1. The van der Waals surface area contributed by atoms with Crippen LogP contribution < -0.4 is 10.1 Å². The molecule has 2 aromatic rings. The Morgan fingerprint density at radius 1 is 1.05 bits per heavy atom. The van der Waals surface area contributed by atoms with Crippen molar-refractivity contribution in [2.24, 2.45) is 0 Å². The summed E-state index contributed by atoms with van der Waals surface area (Å²) in [6, 6.07) is 13.4. The number of nitrogens with one attached hydrogen (secondary N) is 1. The topological polar surface area (TPSA) is 38.3 Å². The fourth-order valence-corrected chi connectivity index (χ4v) is 2.22. The number of benzene rings is 2. The molecule has 0 aliphatic carbocycles. The number of ether oxygens (including phenoxy) is 1. The number of para-hydroxylation sites is 1. The molecule has 0 aliphatic heterocycles. The first kappa shape index (κ1) is 14.1. The Labute approximate surface area is 119 Å². The number of aryl methyl sites for hydroxylation is 3. The van der Waals surface area contributed by atoms with E-state index in [9.17, 15) is 4.79 Å². The zero-order chi connectivity index (χ0) is 14.5. The first-order valence-corrected chi connectivity index (χ1v) is 6.62. The number of hydrogen-bond acceptors (Lipinski definition) is 2. The van der Waals surface area contributed by atoms with Gasteiger partial charge in [0.1, 0.15) is 5.75 Å². The summed E-state index contributed by atoms with van der Waals surface area (Å²) in [7, 11) is 0. The highest BCUT2D eigenvalue weighted by molar-refractivity contribution is 5.93. The molecule has 0 aromatic heterocycles. The summed E-state index contributed by atoms with van der Waals surface area (Å²) < 4.78 is 5.43. The minimum absolute atomic E-state index is 0.0107. The summed E-state index contributed by atoms with van der Waals surface area (Å²) >= 11 is 0. The van der Waals surface area contributed by atoms with E-state index in [1.165, 1.54) is 5.56 Å². The van der Waals surface area contributed by atoms with Crippen LogP contribution in [0.4, 0.5) is 5.69 Å². The molecule has 1 N–H and O–H groups in total. The molecule has 0 radical (unpaired) electrons. The van der Waals surface area contributed by atoms with E-state index in [0.717, 1.165) is 16.8 Å². The number of hydrogen-bond donors (Lipinski definition) is 1. The Bertz CT molecular complexity index is 583. The molecule has 0 saturated heterocycles. The van der Waals surface area contributed by atoms with E-state index in [4.69, 9.17) is 4.74 Å². The molecular formula is C17H19NO2. The largest absolute Gasteiger partial charge is 0.484 e. The molecule has 104 valence electrons. The van der Waals surface area contributed by atoms with E-state index in [2.05, 4.69) is 17.4 Å². The highest BCUT2D eigenvalue weighted by Crippen LogP contribution is 2.21. The number of rotatable bonds is 4. The number of carbonyl (C=O) groups is 1. The second-order valence-electron chi connectivity index (χ2n) is 4.92. The molecule has 0 aliphatic rings. The average Bonchev–Trinajstić information content (AvgIpc) is 2.42. The summed E-state index contributed by atoms with van der Waals surface area (Å²) in [5, 5.41) is 2.91. The molecule has 0 spiro atoms. The van der Waals surface area contributed by atoms with Crippen LogP contribution in [0.1, 0.15) is 16.7 Å². The van der Waals surface area contributed by atoms with Crippen molar-refractivity contribution in [1.82, 2.24) is 0 Å². The molecule has 3 nitrogen and oxygen atoms in total. The lowest BCUT2D eigenvalue weighted by Gasteiger charge is -2.13. The minimum atomic E-state index is -0.149. The van der Waals surface area contributed by atoms with Gasteiger partial charge in [0.05, 0.1) is 0 Å². The van der Waals surface area contributed by atoms with E-state index in [-0.39, 0.29) is 12.5 Å². The highest BCUT2D eigenvalue weighted by atomic mass is 16.5. The molecule has 2 rings (SSSR count). The predicted octanol–water partition coefficient (Wildman–Crippen LogP) is 3.63. The van der Waals surface area contributed by atoms with E-state index in [1.807, 2.05) is 51.1 Å². The van der Waals surface area contributed by atoms with E-state index in [0.29, 0.717) is 5.75 Å². The number of amides is 1. The molecule has 2 aromatic carbocycles. The van der Waals surface area contributed by atoms with Crippen molar-refractivity contribution in [1.29, 1.82) is 0 Å². The van der Waals surface area contributed by atoms with E-state index >= 15 is 0 Å². The van der Waals surface area contributed by atoms with Crippen molar-refractivity contribution >= 4 is 11.6 Å². The van der Waals surface area contributed by atoms with Crippen molar-refractivity contribution in [2.75, 3.05) is 11.9 Å². The van der Waals surface area contributed by atoms with Crippen LogP contribution >= 0.6 is 0 Å². The van der Waals surface area contributed by atoms with Gasteiger partial charge in [-0.05, 0) is 44.0 Å². The van der Waals surface area contributed by atoms with Crippen molar-refractivity contribution in [3.05, 3.63) is 59.2 Å². The van der Waals surface area contributed by atoms with Gasteiger partial charge in [0.2, 0.25) is 0 Å². The van der Waals surface area contributed by atoms with Gasteiger partial charge < -0.3 is 10.1 Å². The van der Waals surface area contributed by atoms with Crippen molar-refractivity contribution in [3.63, 3.8) is 0 Å². The van der Waals surface area contributed by atoms with Crippen molar-refractivity contribution < 1.29 is 9.53 Å². The van der Waals surface area contributed by atoms with E-state index in [1.54, 1.807) is 0 Å². The van der Waals surface area contributed by atoms with E-state index < -0.39 is 0 Å². The van der Waals surface area contributed by atoms with Gasteiger partial charge in [-0.15, -0.1) is 0 Å². The summed E-state index contributed by atoms with van der Waals surface area (Å²) in [6.45, 7) is 6.04. The SMILES string of the molecule is Cc1cc(C)c(NC(=O)COc2ccccc2)c(C)c1. The first-order chi connectivity index (χ1) is 9.56. The van der Waals surface area contributed by atoms with Gasteiger partial charge in [-0.2, -0.15) is 0 Å². The maximum absolute atomic E-state index is 11.9. The van der Waals surface area contributed by atoms with Gasteiger partial charge in [0.25, 0.3) is 5.91 Å². The van der Waals surface area contributed by atoms with Crippen LogP contribution in [0.5, 0.6) is 5.75 Å². The standard InChI is InChI=1S/C17H19NO2/c1-12-9-13(2)17(14(3)10-12)18-16(19)11-20-15-7-5-4-6-8-15/h4-10H,11H2,1-3H3,(H,18,19). The summed E-state index contributed by atoms with van der Waals surface area (Å²) in [5.74, 6) is 0.545. The lowest BCUT2D eigenvalue weighted by Crippen LogP contribution is -2.21. The van der Waals surface area contributed by atoms with Gasteiger partial charge in [0, 0.05) is 5.69 Å². The zero-order valence-corrected chi connectivity index (χ0v) is 12.1. The highest BCUT2D eigenvalue weighted by Gasteiger charge is 2.08. The monoisotopic (exact) mass is 269 g/mol. The third kappa shape index (κ3) is 3.60. The first-order valence-electron chi connectivity index (χ1n) is 6.62. The van der Waals surface area contributed by atoms with Crippen LogP contribution in [-0.4, -0.2) is 12.5 Å². The normalized spacial score (nSPS) is 10.2. The smallest absolute Gasteiger partial charge is 0.262 e. The van der Waals surface area contributed by atoms with Gasteiger partial charge >= 0.3 is 0 Å². The maximum Gasteiger partial charge on any atom is 0.262 e. The molecule has 0 bridgehead atoms. The zero-order valence-electron chi connectivity index (χ0n) is 12.1. The average molecular weight is 269 g/mol. The molecule has 3 heteroatoms. The second kappa shape index (κ2) is 6.24. The molecule has 0 atom stereocenters. The third-order valence-corrected chi connectivity index (χ3v) is 3.05. The Hall–Kier alpha value is -2.29. The minimum Gasteiger partial charge on any atom is -0.484 e. The van der Waals surface area contributed by atoms with Crippen LogP contribution in [0, 0.1) is 20.8 Å². The lowest BCUT2D eigenvalue weighted by atomic mass is 10.1. The lowest BCUT2D eigenvalue weighted by molar-refractivity contribution is -0.118. The van der Waals surface area contributed by atoms with Crippen LogP contribution in [0.2, 0.25) is 0 Å². The van der Waals surface area contributed by atoms with Crippen LogP contribution in [0.15, 0.2) is 42.5 Å². The van der Waals surface area contributed by atoms with Gasteiger partial charge in [-0.25, -0.2) is 0 Å². The maximum atomic E-state index is 11.9. The Kier molecular flexibility index (Phi) is 4.41. The summed E-state index contributed by atoms with van der Waals surface area (Å²) in [5.41, 5.74) is 4.20. The fraction of sp³-hybridized carbons (Fsp3) is 0.235. The molecule has 1 amide bonds. The second-order valence-corrected chi connectivity index (χ2v) is 4.92. The fourth-order valence-electron chi connectivity index (χ4n) is 2.22. The predicted molar refractivity (Wildman–Crippen MR) is 81.2 cm³/mol. The van der Waals surface area contributed by atoms with Crippen LogP contribution in [0.3, 0.4) is 0 Å². The van der Waals surface area contributed by atoms with Gasteiger partial charge in [-0.1, -0.05) is 35.9 Å². The van der Waals surface area contributed by atoms with Crippen molar-refractivity contribution in [2.45, 2.75) is 20.8 Å². The molecule has 0 unspecified atom stereocenters. The molecule has 0 heterocycles. The van der Waals surface area contributed by atoms with Crippen LogP contribution in [0.25, 0.3) is 0 Å². The molecule has 0 saturated carbocycles. The van der Waals surface area contributed by atoms with Crippen molar-refractivity contribution in [3.8, 4) is 5.75 Å². The Morgan fingerprint density at radius 3 is 2.25 bits per heavy atom. The molecule has 20 heavy (non-hydrogen) atoms. The third-order valence-electron chi connectivity index (χ3n) is 3.05. The Morgan fingerprint density at radius 2 is 1.65 bits per heavy atom. The number of anilines is 1. The molecular weight excluding hydrogens is 250 g/mol. The summed E-state index contributed by atoms with van der Waals surface area (Å²) in [4.78, 5) is 11.9. The van der Waals surface area contributed by atoms with Crippen LogP contribution in [-0.2, 0) is 4.79 Å². The van der Waals surface area contributed by atoms with Gasteiger partial charge in [-0.3, -0.25) is 4.79 Å². The molecule has 0 fully saturated rings. The quantitative estimate of drug-likeness (QED) is 0.920. The summed E-state index contributed by atoms with van der Waals surface area (Å²) in [6.07, 6.45) is 0. The Balaban J connectivity index is 1.98.